The zero-order valence-corrected chi connectivity index (χ0v) is 11.5. The van der Waals surface area contributed by atoms with E-state index >= 15 is 0 Å². The molecular formula is C13H15ClN2S. The molecule has 0 saturated heterocycles. The van der Waals surface area contributed by atoms with Gasteiger partial charge in [0.1, 0.15) is 11.0 Å². The van der Waals surface area contributed by atoms with Crippen molar-refractivity contribution >= 4 is 28.8 Å². The number of hydrogen-bond acceptors (Lipinski definition) is 3. The lowest BCUT2D eigenvalue weighted by Gasteiger charge is -2.27. The summed E-state index contributed by atoms with van der Waals surface area (Å²) in [6, 6.07) is 10.3. The first-order chi connectivity index (χ1) is 8.16. The SMILES string of the molecule is CC(C)N(Cc1cccs1)c1cccc(Cl)n1. The van der Waals surface area contributed by atoms with E-state index in [0.717, 1.165) is 12.4 Å². The van der Waals surface area contributed by atoms with E-state index in [1.54, 1.807) is 17.4 Å². The molecule has 2 aromatic heterocycles. The number of nitrogens with zero attached hydrogens (tertiary/aromatic N) is 2. The standard InChI is InChI=1S/C13H15ClN2S/c1-10(2)16(9-11-5-4-8-17-11)13-7-3-6-12(14)15-13/h3-8,10H,9H2,1-2H3. The Morgan fingerprint density at radius 2 is 2.12 bits per heavy atom. The van der Waals surface area contributed by atoms with E-state index in [1.165, 1.54) is 4.88 Å². The highest BCUT2D eigenvalue weighted by Crippen LogP contribution is 2.21. The van der Waals surface area contributed by atoms with E-state index in [2.05, 4.69) is 41.2 Å². The molecule has 0 unspecified atom stereocenters. The molecule has 0 radical (unpaired) electrons. The molecule has 0 aliphatic carbocycles. The van der Waals surface area contributed by atoms with Gasteiger partial charge in [0.2, 0.25) is 0 Å². The van der Waals surface area contributed by atoms with Crippen molar-refractivity contribution in [2.24, 2.45) is 0 Å². The molecule has 0 aliphatic heterocycles. The third-order valence-corrected chi connectivity index (χ3v) is 3.60. The van der Waals surface area contributed by atoms with Gasteiger partial charge < -0.3 is 4.90 Å². The maximum atomic E-state index is 5.94. The van der Waals surface area contributed by atoms with Crippen LogP contribution in [0.2, 0.25) is 5.15 Å². The number of pyridine rings is 1. The van der Waals surface area contributed by atoms with Crippen molar-refractivity contribution in [3.05, 3.63) is 45.7 Å². The van der Waals surface area contributed by atoms with E-state index in [-0.39, 0.29) is 0 Å². The van der Waals surface area contributed by atoms with Crippen molar-refractivity contribution in [3.8, 4) is 0 Å². The van der Waals surface area contributed by atoms with Gasteiger partial charge in [-0.05, 0) is 37.4 Å². The molecule has 0 bridgehead atoms. The summed E-state index contributed by atoms with van der Waals surface area (Å²) >= 11 is 7.71. The first kappa shape index (κ1) is 12.4. The summed E-state index contributed by atoms with van der Waals surface area (Å²) in [6.07, 6.45) is 0. The van der Waals surface area contributed by atoms with Crippen LogP contribution in [0.25, 0.3) is 0 Å². The topological polar surface area (TPSA) is 16.1 Å². The lowest BCUT2D eigenvalue weighted by molar-refractivity contribution is 0.677. The van der Waals surface area contributed by atoms with Gasteiger partial charge in [-0.15, -0.1) is 11.3 Å². The molecular weight excluding hydrogens is 252 g/mol. The second kappa shape index (κ2) is 5.52. The highest BCUT2D eigenvalue weighted by atomic mass is 35.5. The van der Waals surface area contributed by atoms with Crippen LogP contribution in [-0.2, 0) is 6.54 Å². The lowest BCUT2D eigenvalue weighted by Crippen LogP contribution is -2.30. The van der Waals surface area contributed by atoms with E-state index in [1.807, 2.05) is 12.1 Å². The molecule has 0 fully saturated rings. The molecule has 0 atom stereocenters. The van der Waals surface area contributed by atoms with Gasteiger partial charge in [-0.25, -0.2) is 4.98 Å². The summed E-state index contributed by atoms with van der Waals surface area (Å²) in [4.78, 5) is 7.95. The van der Waals surface area contributed by atoms with E-state index in [9.17, 15) is 0 Å². The molecule has 2 nitrogen and oxygen atoms in total. The molecule has 0 aromatic carbocycles. The molecule has 17 heavy (non-hydrogen) atoms. The predicted octanol–water partition coefficient (Wildman–Crippen LogP) is 4.21. The van der Waals surface area contributed by atoms with Crippen molar-refractivity contribution in [1.82, 2.24) is 4.98 Å². The highest BCUT2D eigenvalue weighted by molar-refractivity contribution is 7.09. The van der Waals surface area contributed by atoms with E-state index in [0.29, 0.717) is 11.2 Å². The van der Waals surface area contributed by atoms with Gasteiger partial charge in [-0.2, -0.15) is 0 Å². The van der Waals surface area contributed by atoms with Crippen LogP contribution < -0.4 is 4.90 Å². The Labute approximate surface area is 111 Å². The Morgan fingerprint density at radius 3 is 2.71 bits per heavy atom. The molecule has 0 N–H and O–H groups in total. The smallest absolute Gasteiger partial charge is 0.131 e. The molecule has 2 heterocycles. The van der Waals surface area contributed by atoms with Crippen LogP contribution in [0, 0.1) is 0 Å². The van der Waals surface area contributed by atoms with Crippen LogP contribution in [0.5, 0.6) is 0 Å². The minimum absolute atomic E-state index is 0.392. The van der Waals surface area contributed by atoms with Gasteiger partial charge in [-0.1, -0.05) is 23.7 Å². The number of rotatable bonds is 4. The average Bonchev–Trinajstić information content (AvgIpc) is 2.78. The monoisotopic (exact) mass is 266 g/mol. The number of hydrogen-bond donors (Lipinski definition) is 0. The maximum Gasteiger partial charge on any atom is 0.131 e. The van der Waals surface area contributed by atoms with Crippen molar-refractivity contribution < 1.29 is 0 Å². The Bertz CT molecular complexity index is 468. The number of anilines is 1. The third-order valence-electron chi connectivity index (χ3n) is 2.52. The van der Waals surface area contributed by atoms with Crippen molar-refractivity contribution in [2.75, 3.05) is 4.90 Å². The Hall–Kier alpha value is -1.06. The fourth-order valence-electron chi connectivity index (χ4n) is 1.66. The van der Waals surface area contributed by atoms with Crippen molar-refractivity contribution in [3.63, 3.8) is 0 Å². The van der Waals surface area contributed by atoms with Crippen LogP contribution in [-0.4, -0.2) is 11.0 Å². The summed E-state index contributed by atoms with van der Waals surface area (Å²) < 4.78 is 0. The fraction of sp³-hybridized carbons (Fsp3) is 0.308. The molecule has 90 valence electrons. The summed E-state index contributed by atoms with van der Waals surface area (Å²) in [5.41, 5.74) is 0. The molecule has 0 spiro atoms. The van der Waals surface area contributed by atoms with Crippen LogP contribution in [0.1, 0.15) is 18.7 Å². The van der Waals surface area contributed by atoms with E-state index < -0.39 is 0 Å². The number of aromatic nitrogens is 1. The summed E-state index contributed by atoms with van der Waals surface area (Å²) in [5, 5.41) is 2.64. The molecule has 4 heteroatoms. The van der Waals surface area contributed by atoms with Gasteiger partial charge >= 0.3 is 0 Å². The van der Waals surface area contributed by atoms with Crippen molar-refractivity contribution in [2.45, 2.75) is 26.4 Å². The van der Waals surface area contributed by atoms with Gasteiger partial charge in [-0.3, -0.25) is 0 Å². The zero-order chi connectivity index (χ0) is 12.3. The van der Waals surface area contributed by atoms with Gasteiger partial charge in [0.25, 0.3) is 0 Å². The minimum Gasteiger partial charge on any atom is -0.349 e. The van der Waals surface area contributed by atoms with Gasteiger partial charge in [0.15, 0.2) is 0 Å². The molecule has 2 aromatic rings. The zero-order valence-electron chi connectivity index (χ0n) is 9.93. The quantitative estimate of drug-likeness (QED) is 0.771. The summed E-state index contributed by atoms with van der Waals surface area (Å²) in [5.74, 6) is 0.931. The number of halogens is 1. The Balaban J connectivity index is 2.23. The first-order valence-electron chi connectivity index (χ1n) is 5.58. The van der Waals surface area contributed by atoms with Crippen molar-refractivity contribution in [1.29, 1.82) is 0 Å². The second-order valence-corrected chi connectivity index (χ2v) is 5.54. The average molecular weight is 267 g/mol. The normalized spacial score (nSPS) is 10.8. The fourth-order valence-corrected chi connectivity index (χ4v) is 2.52. The Morgan fingerprint density at radius 1 is 1.29 bits per heavy atom. The number of thiophene rings is 1. The Kier molecular flexibility index (Phi) is 4.02. The second-order valence-electron chi connectivity index (χ2n) is 4.12. The summed E-state index contributed by atoms with van der Waals surface area (Å²) in [6.45, 7) is 5.20. The summed E-state index contributed by atoms with van der Waals surface area (Å²) in [7, 11) is 0. The molecule has 0 saturated carbocycles. The first-order valence-corrected chi connectivity index (χ1v) is 6.84. The molecule has 0 aliphatic rings. The maximum absolute atomic E-state index is 5.94. The third kappa shape index (κ3) is 3.20. The van der Waals surface area contributed by atoms with Crippen LogP contribution in [0.4, 0.5) is 5.82 Å². The highest BCUT2D eigenvalue weighted by Gasteiger charge is 2.13. The van der Waals surface area contributed by atoms with Gasteiger partial charge in [0, 0.05) is 10.9 Å². The van der Waals surface area contributed by atoms with Crippen LogP contribution in [0.3, 0.4) is 0 Å². The molecule has 0 amide bonds. The lowest BCUT2D eigenvalue weighted by atomic mass is 10.3. The van der Waals surface area contributed by atoms with Gasteiger partial charge in [0.05, 0.1) is 6.54 Å². The molecule has 2 rings (SSSR count). The van der Waals surface area contributed by atoms with Crippen LogP contribution >= 0.6 is 22.9 Å². The van der Waals surface area contributed by atoms with Crippen LogP contribution in [0.15, 0.2) is 35.7 Å². The van der Waals surface area contributed by atoms with E-state index in [4.69, 9.17) is 11.6 Å². The minimum atomic E-state index is 0.392. The largest absolute Gasteiger partial charge is 0.349 e. The predicted molar refractivity (Wildman–Crippen MR) is 74.9 cm³/mol.